The van der Waals surface area contributed by atoms with Crippen molar-refractivity contribution in [2.45, 2.75) is 84.7 Å². The molecule has 0 amide bonds. The number of hydrogen-bond donors (Lipinski definition) is 0. The van der Waals surface area contributed by atoms with E-state index in [0.717, 1.165) is 65.8 Å². The number of piperidine rings is 1. The highest BCUT2D eigenvalue weighted by atomic mass is 32.1. The predicted molar refractivity (Wildman–Crippen MR) is 143 cm³/mol. The molecule has 39 heavy (non-hydrogen) atoms. The molecule has 3 aromatic rings. The van der Waals surface area contributed by atoms with Crippen LogP contribution in [0.15, 0.2) is 6.07 Å². The SMILES string of the molecule is CCCc1cc2c(N3CCn4c(nnc4C(F)(F)F)C3)nc(N3CCCC(CCC(=O)OC(C)C)C3)nc2s1. The Morgan fingerprint density at radius 1 is 1.18 bits per heavy atom. The smallest absolute Gasteiger partial charge is 0.451 e. The lowest BCUT2D eigenvalue weighted by atomic mass is 9.93. The summed E-state index contributed by atoms with van der Waals surface area (Å²) in [6.07, 6.45) is 0.414. The van der Waals surface area contributed by atoms with E-state index in [4.69, 9.17) is 14.7 Å². The Kier molecular flexibility index (Phi) is 7.97. The van der Waals surface area contributed by atoms with Crippen LogP contribution < -0.4 is 9.80 Å². The molecule has 3 aromatic heterocycles. The second kappa shape index (κ2) is 11.3. The second-order valence-corrected chi connectivity index (χ2v) is 11.7. The number of hydrogen-bond acceptors (Lipinski definition) is 9. The van der Waals surface area contributed by atoms with Gasteiger partial charge in [0.2, 0.25) is 11.8 Å². The van der Waals surface area contributed by atoms with Gasteiger partial charge in [0, 0.05) is 37.5 Å². The van der Waals surface area contributed by atoms with Crippen LogP contribution >= 0.6 is 11.3 Å². The third-order valence-electron chi connectivity index (χ3n) is 7.14. The van der Waals surface area contributed by atoms with Gasteiger partial charge < -0.3 is 19.1 Å². The van der Waals surface area contributed by atoms with Gasteiger partial charge in [0.15, 0.2) is 5.82 Å². The molecule has 9 nitrogen and oxygen atoms in total. The first-order chi connectivity index (χ1) is 18.6. The van der Waals surface area contributed by atoms with Crippen molar-refractivity contribution in [2.24, 2.45) is 5.92 Å². The van der Waals surface area contributed by atoms with E-state index >= 15 is 0 Å². The summed E-state index contributed by atoms with van der Waals surface area (Å²) in [5.74, 6) is 0.824. The van der Waals surface area contributed by atoms with Gasteiger partial charge in [-0.3, -0.25) is 4.79 Å². The summed E-state index contributed by atoms with van der Waals surface area (Å²) in [5, 5.41) is 8.19. The van der Waals surface area contributed by atoms with E-state index in [1.165, 1.54) is 4.88 Å². The summed E-state index contributed by atoms with van der Waals surface area (Å²) < 4.78 is 46.6. The number of thiophene rings is 1. The molecule has 13 heteroatoms. The number of nitrogens with zero attached hydrogens (tertiary/aromatic N) is 7. The van der Waals surface area contributed by atoms with E-state index in [1.807, 2.05) is 18.7 Å². The van der Waals surface area contributed by atoms with Crippen molar-refractivity contribution in [1.82, 2.24) is 24.7 Å². The molecule has 1 saturated heterocycles. The molecule has 0 saturated carbocycles. The molecule has 1 atom stereocenters. The van der Waals surface area contributed by atoms with E-state index < -0.39 is 12.0 Å². The molecular weight excluding hydrogens is 531 g/mol. The van der Waals surface area contributed by atoms with E-state index in [2.05, 4.69) is 28.1 Å². The van der Waals surface area contributed by atoms with Crippen LogP contribution in [0.3, 0.4) is 0 Å². The largest absolute Gasteiger partial charge is 0.463 e. The monoisotopic (exact) mass is 565 g/mol. The summed E-state index contributed by atoms with van der Waals surface area (Å²) in [6, 6.07) is 2.11. The lowest BCUT2D eigenvalue weighted by Crippen LogP contribution is -2.38. The minimum Gasteiger partial charge on any atom is -0.463 e. The average molecular weight is 566 g/mol. The number of esters is 1. The fraction of sp³-hybridized carbons (Fsp3) is 0.654. The van der Waals surface area contributed by atoms with Crippen LogP contribution in [0.4, 0.5) is 24.9 Å². The molecule has 0 radical (unpaired) electrons. The minimum absolute atomic E-state index is 0.119. The third-order valence-corrected chi connectivity index (χ3v) is 8.23. The number of alkyl halides is 3. The van der Waals surface area contributed by atoms with E-state index in [0.29, 0.717) is 24.8 Å². The fourth-order valence-corrected chi connectivity index (χ4v) is 6.49. The van der Waals surface area contributed by atoms with Crippen molar-refractivity contribution in [2.75, 3.05) is 29.4 Å². The molecule has 0 aromatic carbocycles. The van der Waals surface area contributed by atoms with Crippen molar-refractivity contribution in [3.05, 3.63) is 22.6 Å². The molecule has 5 heterocycles. The van der Waals surface area contributed by atoms with E-state index in [9.17, 15) is 18.0 Å². The molecule has 1 fully saturated rings. The fourth-order valence-electron chi connectivity index (χ4n) is 5.37. The number of fused-ring (bicyclic) bond motifs is 2. The first-order valence-electron chi connectivity index (χ1n) is 13.6. The van der Waals surface area contributed by atoms with E-state index in [1.54, 1.807) is 11.3 Å². The van der Waals surface area contributed by atoms with Gasteiger partial charge in [-0.1, -0.05) is 13.3 Å². The highest BCUT2D eigenvalue weighted by Gasteiger charge is 2.40. The maximum atomic E-state index is 13.4. The Bertz CT molecular complexity index is 1320. The molecule has 5 rings (SSSR count). The molecule has 1 unspecified atom stereocenters. The number of aromatic nitrogens is 5. The zero-order valence-electron chi connectivity index (χ0n) is 22.5. The van der Waals surface area contributed by atoms with Crippen LogP contribution in [0.1, 0.15) is 69.4 Å². The van der Waals surface area contributed by atoms with Gasteiger partial charge in [-0.2, -0.15) is 18.2 Å². The molecule has 0 bridgehead atoms. The van der Waals surface area contributed by atoms with Gasteiger partial charge in [-0.25, -0.2) is 4.98 Å². The Labute approximate surface area is 229 Å². The van der Waals surface area contributed by atoms with Crippen LogP contribution in [0, 0.1) is 5.92 Å². The molecule has 2 aliphatic rings. The second-order valence-electron chi connectivity index (χ2n) is 10.6. The maximum absolute atomic E-state index is 13.4. The third kappa shape index (κ3) is 6.12. The van der Waals surface area contributed by atoms with Gasteiger partial charge in [-0.05, 0) is 51.5 Å². The Morgan fingerprint density at radius 2 is 2.00 bits per heavy atom. The number of carbonyl (C=O) groups excluding carboxylic acids is 1. The van der Waals surface area contributed by atoms with Crippen LogP contribution in [0.2, 0.25) is 0 Å². The Morgan fingerprint density at radius 3 is 2.74 bits per heavy atom. The highest BCUT2D eigenvalue weighted by molar-refractivity contribution is 7.18. The number of aryl methyl sites for hydroxylation is 1. The molecular formula is C26H34F3N7O2S. The van der Waals surface area contributed by atoms with Crippen molar-refractivity contribution >= 4 is 39.3 Å². The quantitative estimate of drug-likeness (QED) is 0.344. The average Bonchev–Trinajstić information content (AvgIpc) is 3.50. The molecule has 0 spiro atoms. The number of ether oxygens (including phenoxy) is 1. The molecule has 0 aliphatic carbocycles. The zero-order chi connectivity index (χ0) is 27.7. The lowest BCUT2D eigenvalue weighted by Gasteiger charge is -2.34. The van der Waals surface area contributed by atoms with Crippen LogP contribution in [0.5, 0.6) is 0 Å². The molecule has 2 aliphatic heterocycles. The maximum Gasteiger partial charge on any atom is 0.451 e. The number of halogens is 3. The summed E-state index contributed by atoms with van der Waals surface area (Å²) in [6.45, 7) is 8.07. The Hall–Kier alpha value is -2.96. The molecule has 0 N–H and O–H groups in total. The lowest BCUT2D eigenvalue weighted by molar-refractivity contribution is -0.148. The summed E-state index contributed by atoms with van der Waals surface area (Å²) >= 11 is 1.64. The van der Waals surface area contributed by atoms with Gasteiger partial charge in [0.25, 0.3) is 0 Å². The van der Waals surface area contributed by atoms with Crippen LogP contribution in [-0.2, 0) is 35.2 Å². The van der Waals surface area contributed by atoms with E-state index in [-0.39, 0.29) is 31.0 Å². The number of rotatable bonds is 8. The summed E-state index contributed by atoms with van der Waals surface area (Å²) in [4.78, 5) is 28.3. The van der Waals surface area contributed by atoms with Crippen molar-refractivity contribution < 1.29 is 22.7 Å². The normalized spacial score (nSPS) is 18.2. The van der Waals surface area contributed by atoms with Crippen LogP contribution in [0.25, 0.3) is 10.2 Å². The Balaban J connectivity index is 1.41. The highest BCUT2D eigenvalue weighted by Crippen LogP contribution is 2.37. The van der Waals surface area contributed by atoms with Gasteiger partial charge in [0.1, 0.15) is 10.6 Å². The first kappa shape index (κ1) is 27.6. The van der Waals surface area contributed by atoms with Gasteiger partial charge >= 0.3 is 12.1 Å². The summed E-state index contributed by atoms with van der Waals surface area (Å²) in [5.41, 5.74) is 0. The number of anilines is 2. The minimum atomic E-state index is -4.54. The van der Waals surface area contributed by atoms with Gasteiger partial charge in [-0.15, -0.1) is 21.5 Å². The van der Waals surface area contributed by atoms with Crippen molar-refractivity contribution in [3.8, 4) is 0 Å². The zero-order valence-corrected chi connectivity index (χ0v) is 23.3. The topological polar surface area (TPSA) is 89.3 Å². The first-order valence-corrected chi connectivity index (χ1v) is 14.4. The van der Waals surface area contributed by atoms with Crippen LogP contribution in [-0.4, -0.2) is 56.4 Å². The van der Waals surface area contributed by atoms with Crippen molar-refractivity contribution in [3.63, 3.8) is 0 Å². The standard InChI is InChI=1S/C26H34F3N7O2S/c1-4-6-18-13-19-22(34-11-12-36-20(15-34)32-33-24(36)26(27,28)29)30-25(31-23(19)39-18)35-10-5-7-17(14-35)8-9-21(37)38-16(2)3/h13,16-17H,4-12,14-15H2,1-3H3. The molecule has 212 valence electrons. The summed E-state index contributed by atoms with van der Waals surface area (Å²) in [7, 11) is 0. The van der Waals surface area contributed by atoms with Gasteiger partial charge in [0.05, 0.1) is 18.0 Å². The number of carbonyl (C=O) groups is 1. The predicted octanol–water partition coefficient (Wildman–Crippen LogP) is 5.22. The van der Waals surface area contributed by atoms with Crippen molar-refractivity contribution in [1.29, 1.82) is 0 Å².